The van der Waals surface area contributed by atoms with Gasteiger partial charge in [-0.25, -0.2) is 4.68 Å². The lowest BCUT2D eigenvalue weighted by atomic mass is 10.3. The topological polar surface area (TPSA) is 81.6 Å². The van der Waals surface area contributed by atoms with Gasteiger partial charge in [-0.15, -0.1) is 10.2 Å². The van der Waals surface area contributed by atoms with Crippen LogP contribution in [0.5, 0.6) is 0 Å². The molecule has 1 N–H and O–H groups in total. The molecular weight excluding hydrogens is 196 g/mol. The van der Waals surface area contributed by atoms with Crippen molar-refractivity contribution in [3.05, 3.63) is 24.8 Å². The summed E-state index contributed by atoms with van der Waals surface area (Å²) in [5.41, 5.74) is -1.41. The quantitative estimate of drug-likeness (QED) is 0.605. The number of nitrogens with zero attached hydrogens (tertiary/aromatic N) is 6. The first-order valence-corrected chi connectivity index (χ1v) is 4.17. The summed E-state index contributed by atoms with van der Waals surface area (Å²) in [4.78, 5) is 0. The van der Waals surface area contributed by atoms with Crippen molar-refractivity contribution in [2.45, 2.75) is 12.6 Å². The first-order valence-electron chi connectivity index (χ1n) is 4.17. The molecule has 0 aromatic carbocycles. The van der Waals surface area contributed by atoms with Crippen LogP contribution >= 0.6 is 0 Å². The van der Waals surface area contributed by atoms with Crippen LogP contribution < -0.4 is 0 Å². The van der Waals surface area contributed by atoms with E-state index in [0.29, 0.717) is 0 Å². The van der Waals surface area contributed by atoms with Gasteiger partial charge in [-0.2, -0.15) is 4.68 Å². The smallest absolute Gasteiger partial charge is 0.221 e. The van der Waals surface area contributed by atoms with Crippen LogP contribution in [0.4, 0.5) is 0 Å². The van der Waals surface area contributed by atoms with E-state index in [1.54, 1.807) is 6.20 Å². The van der Waals surface area contributed by atoms with Crippen LogP contribution in [0.2, 0.25) is 0 Å². The van der Waals surface area contributed by atoms with E-state index in [-0.39, 0.29) is 0 Å². The maximum Gasteiger partial charge on any atom is 0.221 e. The summed E-state index contributed by atoms with van der Waals surface area (Å²) in [5, 5.41) is 24.4. The molecule has 2 aromatic heterocycles. The zero-order chi connectivity index (χ0) is 10.7. The van der Waals surface area contributed by atoms with Gasteiger partial charge in [0, 0.05) is 12.2 Å². The van der Waals surface area contributed by atoms with Crippen LogP contribution in [-0.2, 0) is 5.72 Å². The summed E-state index contributed by atoms with van der Waals surface area (Å²) in [6.07, 6.45) is 6.06. The van der Waals surface area contributed by atoms with Crippen LogP contribution in [0.25, 0.3) is 0 Å². The molecule has 2 aromatic rings. The standard InChI is InChI=1S/C8H8N6O/c1-8(15,14-7-4-10-12-14)2-5-13-6-3-9-11-13/h3-4,6-7,15H,1H3. The van der Waals surface area contributed by atoms with Gasteiger partial charge < -0.3 is 5.11 Å². The predicted molar refractivity (Wildman–Crippen MR) is 49.1 cm³/mol. The summed E-state index contributed by atoms with van der Waals surface area (Å²) >= 11 is 0. The summed E-state index contributed by atoms with van der Waals surface area (Å²) in [7, 11) is 0. The van der Waals surface area contributed by atoms with Crippen LogP contribution in [0.3, 0.4) is 0 Å². The molecule has 76 valence electrons. The molecule has 0 aliphatic rings. The number of hydrogen-bond acceptors (Lipinski definition) is 5. The van der Waals surface area contributed by atoms with Gasteiger partial charge in [0.15, 0.2) is 0 Å². The highest BCUT2D eigenvalue weighted by molar-refractivity contribution is 5.09. The van der Waals surface area contributed by atoms with E-state index in [0.717, 1.165) is 0 Å². The van der Waals surface area contributed by atoms with Gasteiger partial charge in [0.25, 0.3) is 0 Å². The van der Waals surface area contributed by atoms with E-state index in [2.05, 4.69) is 32.6 Å². The molecule has 0 aliphatic heterocycles. The first-order chi connectivity index (χ1) is 7.18. The van der Waals surface area contributed by atoms with Crippen molar-refractivity contribution >= 4 is 0 Å². The number of hydrogen-bond donors (Lipinski definition) is 1. The number of rotatable bonds is 1. The van der Waals surface area contributed by atoms with Crippen molar-refractivity contribution in [3.8, 4) is 12.0 Å². The predicted octanol–water partition coefficient (Wildman–Crippen LogP) is -0.956. The second kappa shape index (κ2) is 3.51. The summed E-state index contributed by atoms with van der Waals surface area (Å²) in [6, 6.07) is 2.61. The van der Waals surface area contributed by atoms with E-state index in [4.69, 9.17) is 0 Å². The highest BCUT2D eigenvalue weighted by Crippen LogP contribution is 2.06. The summed E-state index contributed by atoms with van der Waals surface area (Å²) in [5.74, 6) is 2.59. The van der Waals surface area contributed by atoms with Gasteiger partial charge >= 0.3 is 0 Å². The van der Waals surface area contributed by atoms with Crippen LogP contribution in [-0.4, -0.2) is 35.1 Å². The molecule has 0 saturated carbocycles. The van der Waals surface area contributed by atoms with Crippen LogP contribution in [0.15, 0.2) is 24.8 Å². The third-order valence-corrected chi connectivity index (χ3v) is 1.70. The van der Waals surface area contributed by atoms with E-state index >= 15 is 0 Å². The fraction of sp³-hybridized carbons (Fsp3) is 0.250. The molecular formula is C8H8N6O. The molecule has 0 radical (unpaired) electrons. The Hall–Kier alpha value is -2.20. The molecule has 0 fully saturated rings. The zero-order valence-corrected chi connectivity index (χ0v) is 7.94. The Morgan fingerprint density at radius 2 is 1.93 bits per heavy atom. The Morgan fingerprint density at radius 1 is 1.20 bits per heavy atom. The minimum absolute atomic E-state index is 1.25. The lowest BCUT2D eigenvalue weighted by Gasteiger charge is -2.14. The third kappa shape index (κ3) is 2.00. The highest BCUT2D eigenvalue weighted by Gasteiger charge is 2.19. The number of aromatic nitrogens is 6. The third-order valence-electron chi connectivity index (χ3n) is 1.70. The Labute approximate surface area is 85.3 Å². The molecule has 0 spiro atoms. The molecule has 0 aliphatic carbocycles. The minimum atomic E-state index is -1.41. The van der Waals surface area contributed by atoms with E-state index in [1.807, 2.05) is 0 Å². The molecule has 0 amide bonds. The van der Waals surface area contributed by atoms with Crippen molar-refractivity contribution < 1.29 is 5.11 Å². The Kier molecular flexibility index (Phi) is 2.19. The second-order valence-corrected chi connectivity index (χ2v) is 2.95. The summed E-state index contributed by atoms with van der Waals surface area (Å²) in [6.45, 7) is 1.51. The van der Waals surface area contributed by atoms with Crippen molar-refractivity contribution in [2.24, 2.45) is 0 Å². The molecule has 0 saturated heterocycles. The van der Waals surface area contributed by atoms with E-state index < -0.39 is 5.72 Å². The zero-order valence-electron chi connectivity index (χ0n) is 7.94. The van der Waals surface area contributed by atoms with Crippen molar-refractivity contribution in [2.75, 3.05) is 0 Å². The molecule has 7 nitrogen and oxygen atoms in total. The average molecular weight is 204 g/mol. The van der Waals surface area contributed by atoms with Gasteiger partial charge in [0.05, 0.1) is 18.6 Å². The van der Waals surface area contributed by atoms with Gasteiger partial charge in [-0.3, -0.25) is 0 Å². The van der Waals surface area contributed by atoms with Crippen molar-refractivity contribution in [1.82, 2.24) is 30.0 Å². The molecule has 0 bridgehead atoms. The Bertz CT molecular complexity index is 475. The lowest BCUT2D eigenvalue weighted by Crippen LogP contribution is -2.28. The van der Waals surface area contributed by atoms with Crippen molar-refractivity contribution in [1.29, 1.82) is 0 Å². The van der Waals surface area contributed by atoms with Gasteiger partial charge in [0.2, 0.25) is 5.72 Å². The van der Waals surface area contributed by atoms with E-state index in [9.17, 15) is 5.11 Å². The monoisotopic (exact) mass is 204 g/mol. The lowest BCUT2D eigenvalue weighted by molar-refractivity contribution is 0.0297. The Balaban J connectivity index is 2.25. The summed E-state index contributed by atoms with van der Waals surface area (Å²) < 4.78 is 2.54. The average Bonchev–Trinajstić information content (AvgIpc) is 2.88. The van der Waals surface area contributed by atoms with Crippen LogP contribution in [0, 0.1) is 12.0 Å². The second-order valence-electron chi connectivity index (χ2n) is 2.95. The highest BCUT2D eigenvalue weighted by atomic mass is 16.3. The van der Waals surface area contributed by atoms with Crippen LogP contribution in [0.1, 0.15) is 6.92 Å². The maximum absolute atomic E-state index is 9.90. The SMILES string of the molecule is CC(O)(C#Cn1ccnn1)n1ccnn1. The van der Waals surface area contributed by atoms with E-state index in [1.165, 1.54) is 34.9 Å². The number of aliphatic hydroxyl groups is 1. The first kappa shape index (κ1) is 9.36. The molecule has 2 rings (SSSR count). The van der Waals surface area contributed by atoms with Gasteiger partial charge in [-0.05, 0) is 12.8 Å². The normalized spacial score (nSPS) is 14.0. The molecule has 15 heavy (non-hydrogen) atoms. The largest absolute Gasteiger partial charge is 0.359 e. The minimum Gasteiger partial charge on any atom is -0.359 e. The van der Waals surface area contributed by atoms with Gasteiger partial charge in [0.1, 0.15) is 0 Å². The Morgan fingerprint density at radius 3 is 2.53 bits per heavy atom. The molecule has 7 heteroatoms. The molecule has 1 atom stereocenters. The van der Waals surface area contributed by atoms with Gasteiger partial charge in [-0.1, -0.05) is 10.4 Å². The fourth-order valence-corrected chi connectivity index (χ4v) is 0.929. The molecule has 1 unspecified atom stereocenters. The molecule has 2 heterocycles. The fourth-order valence-electron chi connectivity index (χ4n) is 0.929. The van der Waals surface area contributed by atoms with Crippen molar-refractivity contribution in [3.63, 3.8) is 0 Å². The maximum atomic E-state index is 9.90.